The van der Waals surface area contributed by atoms with Gasteiger partial charge in [0.2, 0.25) is 0 Å². The summed E-state index contributed by atoms with van der Waals surface area (Å²) in [5.74, 6) is -0.796. The minimum Gasteiger partial charge on any atom is -0.480 e. The molecule has 0 unspecified atom stereocenters. The normalized spacial score (nSPS) is 17.6. The van der Waals surface area contributed by atoms with Crippen LogP contribution in [0.25, 0.3) is 10.2 Å². The van der Waals surface area contributed by atoms with Crippen LogP contribution < -0.4 is 5.32 Å². The van der Waals surface area contributed by atoms with Crippen molar-refractivity contribution in [1.29, 1.82) is 0 Å². The minimum atomic E-state index is -3.94. The quantitative estimate of drug-likeness (QED) is 0.474. The zero-order valence-corrected chi connectivity index (χ0v) is 15.3. The third-order valence-electron chi connectivity index (χ3n) is 3.42. The maximum absolute atomic E-state index is 11.0. The number of aliphatic carboxylic acids is 1. The van der Waals surface area contributed by atoms with Gasteiger partial charge in [-0.05, 0) is 24.6 Å². The van der Waals surface area contributed by atoms with Gasteiger partial charge in [-0.1, -0.05) is 0 Å². The molecule has 2 aromatic rings. The number of nitrogens with one attached hydrogen (secondary N) is 1. The molecular weight excluding hydrogens is 386 g/mol. The summed E-state index contributed by atoms with van der Waals surface area (Å²) in [6, 6.07) is 4.86. The molecule has 25 heavy (non-hydrogen) atoms. The Hall–Kier alpha value is -1.69. The predicted molar refractivity (Wildman–Crippen MR) is 99.6 cm³/mol. The first kappa shape index (κ1) is 18.1. The summed E-state index contributed by atoms with van der Waals surface area (Å²) in [7, 11) is -3.94. The average molecular weight is 401 g/mol. The average Bonchev–Trinajstić information content (AvgIpc) is 3.16. The number of carboxylic acid groups (broad SMARTS) is 1. The highest BCUT2D eigenvalue weighted by atomic mass is 32.2. The van der Waals surface area contributed by atoms with E-state index in [0.29, 0.717) is 28.8 Å². The summed E-state index contributed by atoms with van der Waals surface area (Å²) in [6.45, 7) is 0.416. The molecule has 3 rings (SSSR count). The van der Waals surface area contributed by atoms with Gasteiger partial charge in [-0.3, -0.25) is 9.55 Å². The van der Waals surface area contributed by atoms with Gasteiger partial charge in [0.25, 0.3) is 10.1 Å². The maximum Gasteiger partial charge on any atom is 0.329 e. The van der Waals surface area contributed by atoms with Gasteiger partial charge in [0.15, 0.2) is 6.04 Å². The highest BCUT2D eigenvalue weighted by Gasteiger charge is 2.26. The molecule has 0 spiro atoms. The van der Waals surface area contributed by atoms with E-state index in [4.69, 9.17) is 9.66 Å². The molecule has 1 aliphatic heterocycles. The summed E-state index contributed by atoms with van der Waals surface area (Å²) in [5.41, 5.74) is 1.62. The molecule has 0 saturated heterocycles. The summed E-state index contributed by atoms with van der Waals surface area (Å²) < 4.78 is 31.0. The van der Waals surface area contributed by atoms with Crippen LogP contribution in [0, 0.1) is 0 Å². The maximum atomic E-state index is 11.0. The lowest BCUT2D eigenvalue weighted by Crippen LogP contribution is -2.17. The molecule has 0 bridgehead atoms. The number of anilines is 1. The van der Waals surface area contributed by atoms with Crippen molar-refractivity contribution in [2.24, 2.45) is 4.99 Å². The van der Waals surface area contributed by atoms with Crippen molar-refractivity contribution in [3.63, 3.8) is 0 Å². The highest BCUT2D eigenvalue weighted by Crippen LogP contribution is 2.31. The Morgan fingerprint density at radius 1 is 1.40 bits per heavy atom. The molecule has 1 atom stereocenters. The molecule has 0 radical (unpaired) electrons. The Bertz CT molecular complexity index is 938. The molecule has 2 heterocycles. The van der Waals surface area contributed by atoms with Crippen molar-refractivity contribution in [2.75, 3.05) is 23.4 Å². The summed E-state index contributed by atoms with van der Waals surface area (Å²) in [5, 5.41) is 13.5. The first-order valence-corrected chi connectivity index (χ1v) is 10.8. The number of hydrogen-bond acceptors (Lipinski definition) is 8. The standard InChI is InChI=1S/C14H15N3O5S3/c18-14(19)10-7-23-12(17-10)13-16-9-3-2-8(6-11(9)24-13)15-4-1-5-25(20,21)22/h2-3,6,10,15H,1,4-5,7H2,(H,18,19)(H,20,21,22)/t10-/m0/s1. The van der Waals surface area contributed by atoms with Gasteiger partial charge in [-0.15, -0.1) is 23.1 Å². The Balaban J connectivity index is 1.70. The van der Waals surface area contributed by atoms with Gasteiger partial charge in [-0.25, -0.2) is 9.78 Å². The lowest BCUT2D eigenvalue weighted by atomic mass is 10.3. The van der Waals surface area contributed by atoms with Crippen LogP contribution in [-0.4, -0.2) is 58.2 Å². The molecule has 3 N–H and O–H groups in total. The molecule has 8 nitrogen and oxygen atoms in total. The summed E-state index contributed by atoms with van der Waals surface area (Å²) in [6.07, 6.45) is 0.300. The first-order valence-electron chi connectivity index (χ1n) is 7.35. The Labute approximate surface area is 152 Å². The Morgan fingerprint density at radius 3 is 2.88 bits per heavy atom. The molecule has 11 heteroatoms. The van der Waals surface area contributed by atoms with Crippen LogP contribution in [-0.2, 0) is 14.9 Å². The highest BCUT2D eigenvalue weighted by molar-refractivity contribution is 8.15. The fourth-order valence-electron chi connectivity index (χ4n) is 2.23. The van der Waals surface area contributed by atoms with Gasteiger partial charge in [0, 0.05) is 18.0 Å². The number of aromatic nitrogens is 1. The van der Waals surface area contributed by atoms with Crippen molar-refractivity contribution in [3.8, 4) is 0 Å². The molecule has 0 aliphatic carbocycles. The van der Waals surface area contributed by atoms with E-state index in [0.717, 1.165) is 15.9 Å². The largest absolute Gasteiger partial charge is 0.480 e. The van der Waals surface area contributed by atoms with Gasteiger partial charge in [0.05, 0.1) is 16.0 Å². The van der Waals surface area contributed by atoms with Gasteiger partial charge in [-0.2, -0.15) is 8.42 Å². The number of benzene rings is 1. The van der Waals surface area contributed by atoms with Gasteiger partial charge in [0.1, 0.15) is 10.1 Å². The van der Waals surface area contributed by atoms with Crippen LogP contribution in [0.15, 0.2) is 23.2 Å². The molecule has 134 valence electrons. The lowest BCUT2D eigenvalue weighted by Gasteiger charge is -2.05. The van der Waals surface area contributed by atoms with E-state index in [-0.39, 0.29) is 5.75 Å². The van der Waals surface area contributed by atoms with E-state index < -0.39 is 22.1 Å². The van der Waals surface area contributed by atoms with E-state index in [9.17, 15) is 13.2 Å². The number of thioether (sulfide) groups is 1. The van der Waals surface area contributed by atoms with Gasteiger partial charge < -0.3 is 10.4 Å². The van der Waals surface area contributed by atoms with Crippen LogP contribution in [0.3, 0.4) is 0 Å². The van der Waals surface area contributed by atoms with E-state index in [2.05, 4.69) is 15.3 Å². The minimum absolute atomic E-state index is 0.283. The Morgan fingerprint density at radius 2 is 2.20 bits per heavy atom. The molecule has 0 fully saturated rings. The smallest absolute Gasteiger partial charge is 0.329 e. The molecule has 0 saturated carbocycles. The number of rotatable bonds is 7. The topological polar surface area (TPSA) is 129 Å². The van der Waals surface area contributed by atoms with Crippen molar-refractivity contribution in [2.45, 2.75) is 12.5 Å². The van der Waals surface area contributed by atoms with Gasteiger partial charge >= 0.3 is 5.97 Å². The molecule has 0 amide bonds. The number of hydrogen-bond donors (Lipinski definition) is 3. The second-order valence-corrected chi connectivity index (χ2v) is 8.98. The molecule has 1 aromatic carbocycles. The monoisotopic (exact) mass is 401 g/mol. The third-order valence-corrected chi connectivity index (χ3v) is 6.43. The SMILES string of the molecule is O=C(O)[C@@H]1CSC(c2nc3ccc(NCCCS(=O)(=O)O)cc3s2)=N1. The zero-order valence-electron chi connectivity index (χ0n) is 12.9. The van der Waals surface area contributed by atoms with E-state index in [1.807, 2.05) is 18.2 Å². The summed E-state index contributed by atoms with van der Waals surface area (Å²) in [4.78, 5) is 19.7. The second kappa shape index (κ2) is 7.28. The molecule has 1 aromatic heterocycles. The Kier molecular flexibility index (Phi) is 5.27. The van der Waals surface area contributed by atoms with Crippen LogP contribution in [0.4, 0.5) is 5.69 Å². The van der Waals surface area contributed by atoms with E-state index in [1.165, 1.54) is 23.1 Å². The van der Waals surface area contributed by atoms with Crippen molar-refractivity contribution in [1.82, 2.24) is 4.98 Å². The van der Waals surface area contributed by atoms with Crippen LogP contribution in [0.5, 0.6) is 0 Å². The van der Waals surface area contributed by atoms with Crippen molar-refractivity contribution >= 4 is 60.1 Å². The van der Waals surface area contributed by atoms with Crippen molar-refractivity contribution < 1.29 is 22.9 Å². The predicted octanol–water partition coefficient (Wildman–Crippen LogP) is 1.93. The number of fused-ring (bicyclic) bond motifs is 1. The van der Waals surface area contributed by atoms with E-state index in [1.54, 1.807) is 0 Å². The van der Waals surface area contributed by atoms with Crippen LogP contribution >= 0.6 is 23.1 Å². The number of carbonyl (C=O) groups is 1. The fraction of sp³-hybridized carbons (Fsp3) is 0.357. The third kappa shape index (κ3) is 4.69. The second-order valence-electron chi connectivity index (χ2n) is 5.37. The van der Waals surface area contributed by atoms with E-state index >= 15 is 0 Å². The molecular formula is C14H15N3O5S3. The van der Waals surface area contributed by atoms with Crippen molar-refractivity contribution in [3.05, 3.63) is 23.2 Å². The zero-order chi connectivity index (χ0) is 18.0. The lowest BCUT2D eigenvalue weighted by molar-refractivity contribution is -0.137. The number of carboxylic acids is 1. The van der Waals surface area contributed by atoms with Crippen LogP contribution in [0.1, 0.15) is 11.4 Å². The van der Waals surface area contributed by atoms with Crippen LogP contribution in [0.2, 0.25) is 0 Å². The number of thiazole rings is 1. The fourth-order valence-corrected chi connectivity index (χ4v) is 4.84. The number of aliphatic imine (C=N–C) groups is 1. The number of nitrogens with zero attached hydrogens (tertiary/aromatic N) is 2. The first-order chi connectivity index (χ1) is 11.8. The summed E-state index contributed by atoms with van der Waals surface area (Å²) >= 11 is 2.83. The molecule has 1 aliphatic rings.